The monoisotopic (exact) mass is 1180 g/mol. The maximum absolute atomic E-state index is 14.3. The number of unbranched alkanes of at least 4 members (excludes halogenated alkanes) is 30. The number of carbonyl (C=O) groups excluding carboxylic acids is 4. The minimum atomic E-state index is -2.41. The number of methoxy groups -OCH3 is 1. The molecule has 1 fully saturated rings. The minimum Gasteiger partial charge on any atom is -0.507 e. The first-order valence-corrected chi connectivity index (χ1v) is 33.2. The summed E-state index contributed by atoms with van der Waals surface area (Å²) in [4.78, 5) is 56.5. The van der Waals surface area contributed by atoms with Crippen molar-refractivity contribution in [3.05, 3.63) is 75.3 Å². The molecule has 0 unspecified atom stereocenters. The second-order valence-corrected chi connectivity index (χ2v) is 24.5. The molecule has 0 radical (unpaired) electrons. The number of ether oxygens (including phenoxy) is 6. The normalized spacial score (nSPS) is 20.0. The van der Waals surface area contributed by atoms with Crippen LogP contribution in [-0.4, -0.2) is 101 Å². The van der Waals surface area contributed by atoms with E-state index in [1.807, 2.05) is 0 Å². The number of rotatable bonds is 43. The van der Waals surface area contributed by atoms with Gasteiger partial charge >= 0.3 is 5.97 Å². The number of carbonyl (C=O) groups is 4. The Morgan fingerprint density at radius 1 is 0.624 bits per heavy atom. The van der Waals surface area contributed by atoms with Crippen molar-refractivity contribution in [3.8, 4) is 28.7 Å². The van der Waals surface area contributed by atoms with Gasteiger partial charge in [0.15, 0.2) is 30.2 Å². The number of aliphatic hydroxyl groups is 2. The van der Waals surface area contributed by atoms with Crippen LogP contribution in [0, 0.1) is 0 Å². The predicted octanol–water partition coefficient (Wildman–Crippen LogP) is 15.1. The minimum absolute atomic E-state index is 0.0322. The van der Waals surface area contributed by atoms with Crippen LogP contribution in [0.15, 0.2) is 36.4 Å². The van der Waals surface area contributed by atoms with Gasteiger partial charge in [-0.2, -0.15) is 0 Å². The molecule has 3 aromatic carbocycles. The summed E-state index contributed by atoms with van der Waals surface area (Å²) in [5, 5.41) is 46.9. The third-order valence-electron chi connectivity index (χ3n) is 17.7. The molecular weight excluding hydrogens is 1080 g/mol. The lowest BCUT2D eigenvalue weighted by Gasteiger charge is -2.42. The van der Waals surface area contributed by atoms with E-state index in [9.17, 15) is 39.6 Å². The number of aromatic hydroxyl groups is 2. The molecule has 0 aromatic heterocycles. The standard InChI is InChI=1S/C70H105NO14/c1-5-7-9-11-13-15-17-19-21-23-25-27-29-31-33-35-42-81-54-41-40-50(44-56(54)82-43-36-34-32-30-28-26-24-22-20-18-16-14-12-10-8-6-2)69(78)83-48-58(72)70(79)46-52-61(57(47-70)85-59-45-53(71)64(73)49(3)84-59)68(77)63-62(66(52)75)65(74)51-38-37-39-55(80-4)60(51)67(63)76/h37-41,44,49,53,57,59,64,73,75,77,79H,5-36,42-43,45-48,71H2,1-4H3/t49-,53-,57-,59-,64+,70-/m0/s1. The van der Waals surface area contributed by atoms with Crippen LogP contribution in [0.5, 0.6) is 28.7 Å². The Balaban J connectivity index is 1.06. The Morgan fingerprint density at radius 3 is 1.60 bits per heavy atom. The summed E-state index contributed by atoms with van der Waals surface area (Å²) in [5.74, 6) is -3.86. The number of benzene rings is 3. The number of fused-ring (bicyclic) bond motifs is 3. The number of nitrogens with two attached hydrogens (primary N) is 1. The fraction of sp³-hybridized carbons (Fsp3) is 0.686. The lowest BCUT2D eigenvalue weighted by atomic mass is 9.72. The lowest BCUT2D eigenvalue weighted by Crippen LogP contribution is -2.53. The van der Waals surface area contributed by atoms with Gasteiger partial charge in [-0.25, -0.2) is 4.79 Å². The van der Waals surface area contributed by atoms with Gasteiger partial charge in [-0.15, -0.1) is 0 Å². The quantitative estimate of drug-likeness (QED) is 0.0158. The van der Waals surface area contributed by atoms with Crippen molar-refractivity contribution in [3.63, 3.8) is 0 Å². The topological polar surface area (TPSA) is 231 Å². The van der Waals surface area contributed by atoms with Gasteiger partial charge in [0.1, 0.15) is 22.8 Å². The van der Waals surface area contributed by atoms with Crippen molar-refractivity contribution in [2.24, 2.45) is 5.73 Å². The van der Waals surface area contributed by atoms with E-state index < -0.39 is 102 Å². The van der Waals surface area contributed by atoms with Crippen LogP contribution in [0.2, 0.25) is 0 Å². The van der Waals surface area contributed by atoms with E-state index >= 15 is 0 Å². The van der Waals surface area contributed by atoms with E-state index in [0.29, 0.717) is 24.7 Å². The first kappa shape index (κ1) is 69.0. The SMILES string of the molecule is CCCCCCCCCCCCCCCCCCOc1ccc(C(=O)OCC(=O)[C@]2(O)Cc3c(O)c4c(c(O)c3[C@@H](O[C@H]3C[C@H](N)[C@H](O)[C@H](C)O3)C2)C(=O)c2c(OC)cccc2C4=O)cc1OCCCCCCCCCCCCCCCCCC. The molecule has 6 rings (SSSR count). The maximum atomic E-state index is 14.3. The zero-order valence-corrected chi connectivity index (χ0v) is 52.2. The number of aliphatic hydroxyl groups excluding tert-OH is 1. The zero-order valence-electron chi connectivity index (χ0n) is 52.2. The molecule has 1 heterocycles. The van der Waals surface area contributed by atoms with Crippen LogP contribution in [0.25, 0.3) is 0 Å². The fourth-order valence-electron chi connectivity index (χ4n) is 12.5. The van der Waals surface area contributed by atoms with Gasteiger partial charge in [0.25, 0.3) is 0 Å². The third kappa shape index (κ3) is 20.5. The van der Waals surface area contributed by atoms with Gasteiger partial charge in [-0.1, -0.05) is 219 Å². The van der Waals surface area contributed by atoms with Crippen LogP contribution in [-0.2, 0) is 25.4 Å². The number of phenolic OH excluding ortho intramolecular Hbond substituents is 2. The molecule has 0 amide bonds. The summed E-state index contributed by atoms with van der Waals surface area (Å²) < 4.78 is 35.9. The van der Waals surface area contributed by atoms with Crippen LogP contribution in [0.3, 0.4) is 0 Å². The van der Waals surface area contributed by atoms with Crippen LogP contribution < -0.4 is 19.9 Å². The largest absolute Gasteiger partial charge is 0.507 e. The lowest BCUT2D eigenvalue weighted by molar-refractivity contribution is -0.247. The highest BCUT2D eigenvalue weighted by molar-refractivity contribution is 6.31. The number of esters is 1. The van der Waals surface area contributed by atoms with Gasteiger partial charge in [0.05, 0.1) is 60.9 Å². The number of ketones is 3. The predicted molar refractivity (Wildman–Crippen MR) is 331 cm³/mol. The first-order valence-electron chi connectivity index (χ1n) is 33.2. The molecule has 0 bridgehead atoms. The van der Waals surface area contributed by atoms with Gasteiger partial charge in [-0.3, -0.25) is 14.4 Å². The smallest absolute Gasteiger partial charge is 0.338 e. The Kier molecular flexibility index (Phi) is 30.0. The summed E-state index contributed by atoms with van der Waals surface area (Å²) in [6.07, 6.45) is 34.8. The molecular formula is C70H105NO14. The van der Waals surface area contributed by atoms with Crippen molar-refractivity contribution in [1.29, 1.82) is 0 Å². The van der Waals surface area contributed by atoms with Crippen LogP contribution in [0.1, 0.15) is 299 Å². The number of Topliss-reactive ketones (excluding diaryl/α,β-unsaturated/α-hetero) is 1. The Labute approximate surface area is 507 Å². The van der Waals surface area contributed by atoms with Crippen LogP contribution in [0.4, 0.5) is 0 Å². The maximum Gasteiger partial charge on any atom is 0.338 e. The fourth-order valence-corrected chi connectivity index (χ4v) is 12.5. The van der Waals surface area contributed by atoms with Crippen molar-refractivity contribution >= 4 is 23.3 Å². The van der Waals surface area contributed by atoms with Crippen molar-refractivity contribution in [2.45, 2.75) is 282 Å². The van der Waals surface area contributed by atoms with E-state index in [0.717, 1.165) is 38.5 Å². The molecule has 85 heavy (non-hydrogen) atoms. The Morgan fingerprint density at radius 2 is 1.11 bits per heavy atom. The molecule has 3 aliphatic rings. The highest BCUT2D eigenvalue weighted by Crippen LogP contribution is 2.53. The second kappa shape index (κ2) is 36.9. The summed E-state index contributed by atoms with van der Waals surface area (Å²) in [5.41, 5.74) is 2.37. The van der Waals surface area contributed by atoms with Crippen molar-refractivity contribution in [2.75, 3.05) is 26.9 Å². The molecule has 15 heteroatoms. The highest BCUT2D eigenvalue weighted by Gasteiger charge is 2.50. The molecule has 15 nitrogen and oxygen atoms in total. The molecule has 0 saturated carbocycles. The van der Waals surface area contributed by atoms with Crippen molar-refractivity contribution < 1.29 is 68.0 Å². The molecule has 1 aliphatic heterocycles. The zero-order chi connectivity index (χ0) is 61.0. The van der Waals surface area contributed by atoms with E-state index in [1.54, 1.807) is 25.1 Å². The van der Waals surface area contributed by atoms with Crippen LogP contribution >= 0.6 is 0 Å². The third-order valence-corrected chi connectivity index (χ3v) is 17.7. The molecule has 3 aromatic rings. The summed E-state index contributed by atoms with van der Waals surface area (Å²) >= 11 is 0. The molecule has 474 valence electrons. The van der Waals surface area contributed by atoms with Crippen molar-refractivity contribution in [1.82, 2.24) is 0 Å². The summed E-state index contributed by atoms with van der Waals surface area (Å²) in [6, 6.07) is 8.40. The highest BCUT2D eigenvalue weighted by atomic mass is 16.7. The molecule has 1 saturated heterocycles. The van der Waals surface area contributed by atoms with Gasteiger partial charge < -0.3 is 54.6 Å². The second-order valence-electron chi connectivity index (χ2n) is 24.5. The number of hydrogen-bond donors (Lipinski definition) is 5. The molecule has 2 aliphatic carbocycles. The summed E-state index contributed by atoms with van der Waals surface area (Å²) in [6.45, 7) is 6.13. The first-order chi connectivity index (χ1) is 41.2. The van der Waals surface area contributed by atoms with E-state index in [4.69, 9.17) is 34.2 Å². The average molecular weight is 1180 g/mol. The van der Waals surface area contributed by atoms with E-state index in [-0.39, 0.29) is 40.0 Å². The number of phenols is 2. The molecule has 6 atom stereocenters. The van der Waals surface area contributed by atoms with Gasteiger partial charge in [0, 0.05) is 42.0 Å². The Hall–Kier alpha value is -5.06. The molecule has 6 N–H and O–H groups in total. The average Bonchev–Trinajstić information content (AvgIpc) is 2.73. The van der Waals surface area contributed by atoms with E-state index in [2.05, 4.69) is 13.8 Å². The number of hydrogen-bond acceptors (Lipinski definition) is 15. The summed E-state index contributed by atoms with van der Waals surface area (Å²) in [7, 11) is 1.34. The molecule has 0 spiro atoms. The van der Waals surface area contributed by atoms with Gasteiger partial charge in [0.2, 0.25) is 11.6 Å². The van der Waals surface area contributed by atoms with Gasteiger partial charge in [-0.05, 0) is 44.0 Å². The van der Waals surface area contributed by atoms with E-state index in [1.165, 1.54) is 192 Å². The Bertz CT molecular complexity index is 2530.